The first-order chi connectivity index (χ1) is 13.0. The first-order valence-electron chi connectivity index (χ1n) is 8.06. The van der Waals surface area contributed by atoms with Crippen LogP contribution < -0.4 is 10.2 Å². The molecule has 8 heteroatoms. The fourth-order valence-corrected chi connectivity index (χ4v) is 3.93. The van der Waals surface area contributed by atoms with Crippen LogP contribution in [0.15, 0.2) is 57.9 Å². The zero-order valence-electron chi connectivity index (χ0n) is 14.3. The minimum Gasteiger partial charge on any atom is -0.493 e. The molecule has 0 aliphatic carbocycles. The molecule has 1 heterocycles. The van der Waals surface area contributed by atoms with E-state index in [0.29, 0.717) is 22.8 Å². The molecule has 1 aliphatic heterocycles. The smallest absolute Gasteiger partial charge is 0.285 e. The Kier molecular flexibility index (Phi) is 6.30. The Labute approximate surface area is 174 Å². The van der Waals surface area contributed by atoms with Gasteiger partial charge in [0.1, 0.15) is 5.75 Å². The number of hydrogen-bond donors (Lipinski definition) is 1. The summed E-state index contributed by atoms with van der Waals surface area (Å²) >= 11 is 9.82. The summed E-state index contributed by atoms with van der Waals surface area (Å²) in [6, 6.07) is 14.2. The molecule has 0 radical (unpaired) electrons. The van der Waals surface area contributed by atoms with E-state index in [1.807, 2.05) is 31.2 Å². The third-order valence-electron chi connectivity index (χ3n) is 3.60. The van der Waals surface area contributed by atoms with E-state index in [9.17, 15) is 9.59 Å². The number of thiocarbonyl (C=S) groups is 1. The highest BCUT2D eigenvalue weighted by Crippen LogP contribution is 2.34. The third-order valence-corrected chi connectivity index (χ3v) is 5.40. The van der Waals surface area contributed by atoms with Gasteiger partial charge in [0, 0.05) is 15.6 Å². The Morgan fingerprint density at radius 3 is 2.74 bits per heavy atom. The molecule has 0 aromatic heterocycles. The molecule has 2 amide bonds. The van der Waals surface area contributed by atoms with E-state index in [0.717, 1.165) is 26.8 Å². The lowest BCUT2D eigenvalue weighted by atomic mass is 10.2. The number of amides is 2. The molecule has 0 atom stereocenters. The molecule has 1 aliphatic rings. The van der Waals surface area contributed by atoms with Crippen LogP contribution >= 0.6 is 39.9 Å². The average molecular weight is 463 g/mol. The molecule has 27 heavy (non-hydrogen) atoms. The Bertz CT molecular complexity index is 932. The second-order valence-corrected chi connectivity index (χ2v) is 8.03. The molecule has 1 N–H and O–H groups in total. The third kappa shape index (κ3) is 4.58. The number of nitrogens with one attached hydrogen (secondary N) is 1. The molecule has 5 nitrogen and oxygen atoms in total. The summed E-state index contributed by atoms with van der Waals surface area (Å²) in [6.45, 7) is 2.40. The summed E-state index contributed by atoms with van der Waals surface area (Å²) in [5.41, 5.74) is 3.76. The molecule has 1 saturated heterocycles. The van der Waals surface area contributed by atoms with E-state index >= 15 is 0 Å². The van der Waals surface area contributed by atoms with Crippen molar-refractivity contribution in [1.82, 2.24) is 10.4 Å². The van der Waals surface area contributed by atoms with Crippen molar-refractivity contribution in [3.05, 3.63) is 69.0 Å². The molecule has 2 aromatic rings. The van der Waals surface area contributed by atoms with Gasteiger partial charge in [-0.15, -0.1) is 0 Å². The first kappa shape index (κ1) is 19.6. The van der Waals surface area contributed by atoms with E-state index in [1.54, 1.807) is 30.3 Å². The Morgan fingerprint density at radius 2 is 2.04 bits per heavy atom. The van der Waals surface area contributed by atoms with Crippen LogP contribution in [0.4, 0.5) is 0 Å². The highest BCUT2D eigenvalue weighted by Gasteiger charge is 2.34. The van der Waals surface area contributed by atoms with Crippen molar-refractivity contribution in [2.75, 3.05) is 6.61 Å². The number of carbonyl (C=O) groups is 2. The molecular weight excluding hydrogens is 448 g/mol. The van der Waals surface area contributed by atoms with Gasteiger partial charge in [0.2, 0.25) is 0 Å². The summed E-state index contributed by atoms with van der Waals surface area (Å²) in [5, 5.41) is 1.10. The maximum absolute atomic E-state index is 12.7. The minimum atomic E-state index is -0.398. The van der Waals surface area contributed by atoms with Crippen molar-refractivity contribution in [1.29, 1.82) is 0 Å². The number of rotatable bonds is 5. The SMILES string of the molecule is CCOc1ccc(Br)cc1/C=C1/SC(=S)N(NC(=O)c2ccccc2)C1=O. The number of ether oxygens (including phenoxy) is 1. The lowest BCUT2D eigenvalue weighted by Crippen LogP contribution is -2.44. The van der Waals surface area contributed by atoms with Crippen LogP contribution in [0.1, 0.15) is 22.8 Å². The van der Waals surface area contributed by atoms with Gasteiger partial charge in [-0.2, -0.15) is 5.01 Å². The Morgan fingerprint density at radius 1 is 1.30 bits per heavy atom. The number of halogens is 1. The van der Waals surface area contributed by atoms with Gasteiger partial charge >= 0.3 is 0 Å². The zero-order valence-corrected chi connectivity index (χ0v) is 17.5. The quantitative estimate of drug-likeness (QED) is 0.527. The van der Waals surface area contributed by atoms with Gasteiger partial charge in [-0.3, -0.25) is 15.0 Å². The van der Waals surface area contributed by atoms with Crippen LogP contribution in [0.2, 0.25) is 0 Å². The van der Waals surface area contributed by atoms with Gasteiger partial charge in [-0.05, 0) is 55.5 Å². The van der Waals surface area contributed by atoms with Crippen LogP contribution in [-0.4, -0.2) is 27.8 Å². The van der Waals surface area contributed by atoms with Crippen LogP contribution in [0.3, 0.4) is 0 Å². The van der Waals surface area contributed by atoms with Gasteiger partial charge in [0.25, 0.3) is 11.8 Å². The summed E-state index contributed by atoms with van der Waals surface area (Å²) in [6.07, 6.45) is 1.71. The Balaban J connectivity index is 1.83. The lowest BCUT2D eigenvalue weighted by molar-refractivity contribution is -0.123. The van der Waals surface area contributed by atoms with Crippen LogP contribution in [0, 0.1) is 0 Å². The van der Waals surface area contributed by atoms with Gasteiger partial charge in [-0.25, -0.2) is 0 Å². The van der Waals surface area contributed by atoms with Gasteiger partial charge in [0.15, 0.2) is 4.32 Å². The summed E-state index contributed by atoms with van der Waals surface area (Å²) < 4.78 is 6.74. The van der Waals surface area contributed by atoms with Crippen molar-refractivity contribution in [2.45, 2.75) is 6.92 Å². The molecule has 0 saturated carbocycles. The van der Waals surface area contributed by atoms with Crippen molar-refractivity contribution < 1.29 is 14.3 Å². The highest BCUT2D eigenvalue weighted by atomic mass is 79.9. The number of hydrazine groups is 1. The van der Waals surface area contributed by atoms with E-state index < -0.39 is 5.91 Å². The van der Waals surface area contributed by atoms with Crippen LogP contribution in [0.5, 0.6) is 5.75 Å². The van der Waals surface area contributed by atoms with Gasteiger partial charge in [-0.1, -0.05) is 45.9 Å². The standard InChI is InChI=1S/C19H15BrN2O3S2/c1-2-25-15-9-8-14(20)10-13(15)11-16-18(24)22(19(26)27-16)21-17(23)12-6-4-3-5-7-12/h3-11H,2H2,1H3,(H,21,23)/b16-11+. The summed E-state index contributed by atoms with van der Waals surface area (Å²) in [7, 11) is 0. The fraction of sp³-hybridized carbons (Fsp3) is 0.105. The van der Waals surface area contributed by atoms with Crippen LogP contribution in [0.25, 0.3) is 6.08 Å². The maximum Gasteiger partial charge on any atom is 0.285 e. The topological polar surface area (TPSA) is 58.6 Å². The number of carbonyl (C=O) groups excluding carboxylic acids is 2. The van der Waals surface area contributed by atoms with Gasteiger partial charge < -0.3 is 4.74 Å². The van der Waals surface area contributed by atoms with Crippen molar-refractivity contribution in [3.63, 3.8) is 0 Å². The van der Waals surface area contributed by atoms with E-state index in [2.05, 4.69) is 21.4 Å². The molecule has 2 aromatic carbocycles. The molecule has 3 rings (SSSR count). The van der Waals surface area contributed by atoms with Crippen molar-refractivity contribution in [3.8, 4) is 5.75 Å². The number of thioether (sulfide) groups is 1. The van der Waals surface area contributed by atoms with Crippen molar-refractivity contribution >= 4 is 62.1 Å². The zero-order chi connectivity index (χ0) is 19.4. The van der Waals surface area contributed by atoms with Crippen LogP contribution in [-0.2, 0) is 4.79 Å². The Hall–Kier alpha value is -2.16. The number of nitrogens with zero attached hydrogens (tertiary/aromatic N) is 1. The fourth-order valence-electron chi connectivity index (χ4n) is 2.38. The predicted molar refractivity (Wildman–Crippen MR) is 114 cm³/mol. The molecular formula is C19H15BrN2O3S2. The average Bonchev–Trinajstić information content (AvgIpc) is 2.92. The molecule has 0 spiro atoms. The molecule has 138 valence electrons. The summed E-state index contributed by atoms with van der Waals surface area (Å²) in [5.74, 6) is -0.110. The second kappa shape index (κ2) is 8.69. The second-order valence-electron chi connectivity index (χ2n) is 5.44. The predicted octanol–water partition coefficient (Wildman–Crippen LogP) is 4.39. The van der Waals surface area contributed by atoms with Gasteiger partial charge in [0.05, 0.1) is 11.5 Å². The highest BCUT2D eigenvalue weighted by molar-refractivity contribution is 9.10. The monoisotopic (exact) mass is 462 g/mol. The van der Waals surface area contributed by atoms with E-state index in [1.165, 1.54) is 0 Å². The van der Waals surface area contributed by atoms with E-state index in [-0.39, 0.29) is 10.2 Å². The van der Waals surface area contributed by atoms with Crippen molar-refractivity contribution in [2.24, 2.45) is 0 Å². The van der Waals surface area contributed by atoms with E-state index in [4.69, 9.17) is 17.0 Å². The molecule has 1 fully saturated rings. The summed E-state index contributed by atoms with van der Waals surface area (Å²) in [4.78, 5) is 25.5. The minimum absolute atomic E-state index is 0.267. The molecule has 0 bridgehead atoms. The normalized spacial score (nSPS) is 15.3. The maximum atomic E-state index is 12.7. The largest absolute Gasteiger partial charge is 0.493 e. The number of hydrogen-bond acceptors (Lipinski definition) is 5. The number of benzene rings is 2. The molecule has 0 unspecified atom stereocenters. The lowest BCUT2D eigenvalue weighted by Gasteiger charge is -2.15. The first-order valence-corrected chi connectivity index (χ1v) is 10.1.